The standard InChI is InChI=1S/C17H30F3N5O2/c1-12(2)10-23(4)13(9-14(21)17(18,19)20)15(22-3)25(11-26)16(27)24-7-5-6-8-24/h9,11-13,15,22H,5-8,10,21H2,1-4H3/b14-9-. The van der Waals surface area contributed by atoms with Gasteiger partial charge in [0.05, 0.1) is 6.04 Å². The molecule has 2 atom stereocenters. The molecule has 10 heteroatoms. The first-order valence-corrected chi connectivity index (χ1v) is 8.97. The van der Waals surface area contributed by atoms with Crippen molar-refractivity contribution < 1.29 is 22.8 Å². The number of amides is 3. The van der Waals surface area contributed by atoms with E-state index in [1.54, 1.807) is 11.9 Å². The second-order valence-corrected chi connectivity index (χ2v) is 7.17. The molecule has 0 radical (unpaired) electrons. The quantitative estimate of drug-likeness (QED) is 0.483. The summed E-state index contributed by atoms with van der Waals surface area (Å²) >= 11 is 0. The first kappa shape index (κ1) is 23.2. The van der Waals surface area contributed by atoms with Gasteiger partial charge in [0.2, 0.25) is 6.41 Å². The Morgan fingerprint density at radius 3 is 2.26 bits per heavy atom. The van der Waals surface area contributed by atoms with Crippen LogP contribution in [0.4, 0.5) is 18.0 Å². The largest absolute Gasteiger partial charge is 0.430 e. The number of nitrogens with two attached hydrogens (primary N) is 1. The average molecular weight is 393 g/mol. The Balaban J connectivity index is 3.23. The Bertz CT molecular complexity index is 533. The lowest BCUT2D eigenvalue weighted by Crippen LogP contribution is -2.60. The number of imide groups is 1. The van der Waals surface area contributed by atoms with Gasteiger partial charge < -0.3 is 10.6 Å². The predicted molar refractivity (Wildman–Crippen MR) is 96.5 cm³/mol. The minimum absolute atomic E-state index is 0.162. The molecule has 1 saturated heterocycles. The number of carbonyl (C=O) groups is 2. The molecule has 156 valence electrons. The van der Waals surface area contributed by atoms with Gasteiger partial charge in [0.25, 0.3) is 0 Å². The Morgan fingerprint density at radius 2 is 1.85 bits per heavy atom. The lowest BCUT2D eigenvalue weighted by atomic mass is 10.1. The van der Waals surface area contributed by atoms with Crippen LogP contribution >= 0.6 is 0 Å². The summed E-state index contributed by atoms with van der Waals surface area (Å²) in [5.41, 5.74) is 3.97. The topological polar surface area (TPSA) is 81.9 Å². The first-order chi connectivity index (χ1) is 12.5. The van der Waals surface area contributed by atoms with Crippen LogP contribution in [0, 0.1) is 5.92 Å². The molecule has 0 aromatic heterocycles. The molecule has 3 amide bonds. The zero-order valence-electron chi connectivity index (χ0n) is 16.3. The molecule has 1 rings (SSSR count). The summed E-state index contributed by atoms with van der Waals surface area (Å²) < 4.78 is 39.0. The summed E-state index contributed by atoms with van der Waals surface area (Å²) in [6.45, 7) is 5.34. The van der Waals surface area contributed by atoms with Crippen molar-refractivity contribution in [2.45, 2.75) is 45.1 Å². The number of carbonyl (C=O) groups excluding carboxylic acids is 2. The highest BCUT2D eigenvalue weighted by molar-refractivity contribution is 5.85. The maximum Gasteiger partial charge on any atom is 0.430 e. The van der Waals surface area contributed by atoms with E-state index in [4.69, 9.17) is 5.73 Å². The van der Waals surface area contributed by atoms with Crippen molar-refractivity contribution >= 4 is 12.4 Å². The van der Waals surface area contributed by atoms with Gasteiger partial charge in [-0.15, -0.1) is 0 Å². The SMILES string of the molecule is CNC(C(/C=C(\N)C(F)(F)F)N(C)CC(C)C)N(C=O)C(=O)N1CCCC1. The van der Waals surface area contributed by atoms with Crippen molar-refractivity contribution in [3.63, 3.8) is 0 Å². The summed E-state index contributed by atoms with van der Waals surface area (Å²) in [7, 11) is 3.13. The second-order valence-electron chi connectivity index (χ2n) is 7.17. The van der Waals surface area contributed by atoms with Crippen LogP contribution in [-0.2, 0) is 4.79 Å². The molecule has 2 unspecified atom stereocenters. The number of nitrogens with one attached hydrogen (secondary N) is 1. The van der Waals surface area contributed by atoms with Crippen LogP contribution in [0.1, 0.15) is 26.7 Å². The van der Waals surface area contributed by atoms with E-state index in [2.05, 4.69) is 5.32 Å². The van der Waals surface area contributed by atoms with Crippen LogP contribution in [-0.4, -0.2) is 79.3 Å². The van der Waals surface area contributed by atoms with E-state index in [0.29, 0.717) is 26.0 Å². The third-order valence-electron chi connectivity index (χ3n) is 4.47. The van der Waals surface area contributed by atoms with Crippen LogP contribution < -0.4 is 11.1 Å². The highest BCUT2D eigenvalue weighted by atomic mass is 19.4. The fourth-order valence-electron chi connectivity index (χ4n) is 3.21. The molecule has 0 saturated carbocycles. The lowest BCUT2D eigenvalue weighted by Gasteiger charge is -2.39. The Labute approximate surface area is 158 Å². The number of allylic oxidation sites excluding steroid dienone is 1. The molecule has 0 bridgehead atoms. The predicted octanol–water partition coefficient (Wildman–Crippen LogP) is 1.57. The number of urea groups is 1. The molecule has 0 aliphatic carbocycles. The van der Waals surface area contributed by atoms with Crippen molar-refractivity contribution in [3.05, 3.63) is 11.8 Å². The van der Waals surface area contributed by atoms with E-state index in [1.165, 1.54) is 11.9 Å². The molecule has 1 fully saturated rings. The van der Waals surface area contributed by atoms with E-state index >= 15 is 0 Å². The number of hydrogen-bond donors (Lipinski definition) is 2. The van der Waals surface area contributed by atoms with Crippen LogP contribution in [0.5, 0.6) is 0 Å². The molecule has 3 N–H and O–H groups in total. The van der Waals surface area contributed by atoms with Crippen molar-refractivity contribution in [1.29, 1.82) is 0 Å². The maximum absolute atomic E-state index is 13.0. The Hall–Kier alpha value is -1.81. The summed E-state index contributed by atoms with van der Waals surface area (Å²) in [5.74, 6) is 0.162. The minimum Gasteiger partial charge on any atom is -0.395 e. The van der Waals surface area contributed by atoms with E-state index in [-0.39, 0.29) is 5.92 Å². The maximum atomic E-state index is 13.0. The summed E-state index contributed by atoms with van der Waals surface area (Å²) in [5, 5.41) is 2.81. The van der Waals surface area contributed by atoms with Crippen molar-refractivity contribution in [3.8, 4) is 0 Å². The van der Waals surface area contributed by atoms with Gasteiger partial charge in [0.1, 0.15) is 11.9 Å². The van der Waals surface area contributed by atoms with Gasteiger partial charge in [-0.2, -0.15) is 13.2 Å². The molecule has 0 aromatic carbocycles. The molecule has 7 nitrogen and oxygen atoms in total. The third kappa shape index (κ3) is 6.39. The van der Waals surface area contributed by atoms with Crippen molar-refractivity contribution in [2.24, 2.45) is 11.7 Å². The van der Waals surface area contributed by atoms with Crippen molar-refractivity contribution in [1.82, 2.24) is 20.0 Å². The zero-order chi connectivity index (χ0) is 20.8. The van der Waals surface area contributed by atoms with Crippen LogP contribution in [0.3, 0.4) is 0 Å². The molecule has 1 aliphatic rings. The minimum atomic E-state index is -4.69. The van der Waals surface area contributed by atoms with Gasteiger partial charge >= 0.3 is 12.2 Å². The first-order valence-electron chi connectivity index (χ1n) is 8.97. The number of likely N-dealkylation sites (N-methyl/N-ethyl adjacent to an activating group) is 2. The van der Waals surface area contributed by atoms with Gasteiger partial charge in [-0.25, -0.2) is 9.69 Å². The lowest BCUT2D eigenvalue weighted by molar-refractivity contribution is -0.119. The fourth-order valence-corrected chi connectivity index (χ4v) is 3.21. The second kappa shape index (κ2) is 9.93. The molecule has 0 aromatic rings. The summed E-state index contributed by atoms with van der Waals surface area (Å²) in [6.07, 6.45) is -2.81. The van der Waals surface area contributed by atoms with Gasteiger partial charge in [-0.3, -0.25) is 15.0 Å². The molecule has 1 aliphatic heterocycles. The van der Waals surface area contributed by atoms with E-state index in [9.17, 15) is 22.8 Å². The van der Waals surface area contributed by atoms with Gasteiger partial charge in [0, 0.05) is 19.6 Å². The van der Waals surface area contributed by atoms with E-state index in [1.807, 2.05) is 13.8 Å². The number of hydrogen-bond acceptors (Lipinski definition) is 5. The Kier molecular flexibility index (Phi) is 8.55. The van der Waals surface area contributed by atoms with Crippen LogP contribution in [0.25, 0.3) is 0 Å². The normalized spacial score (nSPS) is 18.1. The van der Waals surface area contributed by atoms with Gasteiger partial charge in [-0.05, 0) is 38.9 Å². The summed E-state index contributed by atoms with van der Waals surface area (Å²) in [4.78, 5) is 28.5. The van der Waals surface area contributed by atoms with Gasteiger partial charge in [0.15, 0.2) is 0 Å². The monoisotopic (exact) mass is 393 g/mol. The van der Waals surface area contributed by atoms with Crippen LogP contribution in [0.2, 0.25) is 0 Å². The molecule has 27 heavy (non-hydrogen) atoms. The number of nitrogens with zero attached hydrogens (tertiary/aromatic N) is 3. The highest BCUT2D eigenvalue weighted by Gasteiger charge is 2.38. The van der Waals surface area contributed by atoms with E-state index in [0.717, 1.165) is 23.8 Å². The number of alkyl halides is 3. The van der Waals surface area contributed by atoms with E-state index < -0.39 is 30.1 Å². The Morgan fingerprint density at radius 1 is 1.30 bits per heavy atom. The highest BCUT2D eigenvalue weighted by Crippen LogP contribution is 2.24. The summed E-state index contributed by atoms with van der Waals surface area (Å²) in [6, 6.07) is -1.47. The molecular weight excluding hydrogens is 363 g/mol. The number of halogens is 3. The smallest absolute Gasteiger partial charge is 0.395 e. The molecular formula is C17H30F3N5O2. The number of likely N-dealkylation sites (tertiary alicyclic amines) is 1. The molecule has 1 heterocycles. The average Bonchev–Trinajstić information content (AvgIpc) is 3.10. The number of rotatable bonds is 8. The fraction of sp³-hybridized carbons (Fsp3) is 0.765. The third-order valence-corrected chi connectivity index (χ3v) is 4.47. The zero-order valence-corrected chi connectivity index (χ0v) is 16.3. The molecule has 0 spiro atoms. The van der Waals surface area contributed by atoms with Crippen molar-refractivity contribution in [2.75, 3.05) is 33.7 Å². The van der Waals surface area contributed by atoms with Crippen LogP contribution in [0.15, 0.2) is 11.8 Å². The van der Waals surface area contributed by atoms with Gasteiger partial charge in [-0.1, -0.05) is 13.8 Å².